The Morgan fingerprint density at radius 2 is 2.11 bits per heavy atom. The van der Waals surface area contributed by atoms with E-state index in [-0.39, 0.29) is 12.6 Å². The predicted octanol–water partition coefficient (Wildman–Crippen LogP) is 1.93. The van der Waals surface area contributed by atoms with Crippen LogP contribution < -0.4 is 20.3 Å². The van der Waals surface area contributed by atoms with Gasteiger partial charge < -0.3 is 20.3 Å². The largest absolute Gasteiger partial charge is 0.495 e. The van der Waals surface area contributed by atoms with Crippen molar-refractivity contribution in [2.75, 3.05) is 58.8 Å². The molecule has 1 fully saturated rings. The molecule has 1 aliphatic heterocycles. The van der Waals surface area contributed by atoms with Crippen molar-refractivity contribution in [1.82, 2.24) is 15.5 Å². The van der Waals surface area contributed by atoms with Crippen molar-refractivity contribution in [3.05, 3.63) is 24.3 Å². The Morgan fingerprint density at radius 1 is 1.37 bits per heavy atom. The van der Waals surface area contributed by atoms with Crippen LogP contribution in [0.1, 0.15) is 6.42 Å². The highest BCUT2D eigenvalue weighted by atomic mass is 19.4. The number of methoxy groups -OCH3 is 1. The molecule has 1 aromatic rings. The van der Waals surface area contributed by atoms with Crippen molar-refractivity contribution in [1.29, 1.82) is 0 Å². The molecular formula is C18H28F3N5O. The molecule has 0 amide bonds. The molecule has 1 atom stereocenters. The first-order valence-electron chi connectivity index (χ1n) is 8.93. The Bertz CT molecular complexity index is 623. The number of benzene rings is 1. The fraction of sp³-hybridized carbons (Fsp3) is 0.611. The van der Waals surface area contributed by atoms with Crippen LogP contribution in [0.15, 0.2) is 29.3 Å². The van der Waals surface area contributed by atoms with Crippen LogP contribution >= 0.6 is 0 Å². The lowest BCUT2D eigenvalue weighted by atomic mass is 10.2. The summed E-state index contributed by atoms with van der Waals surface area (Å²) in [6.07, 6.45) is -3.24. The minimum atomic E-state index is -4.18. The summed E-state index contributed by atoms with van der Waals surface area (Å²) in [7, 11) is 4.77. The lowest BCUT2D eigenvalue weighted by Gasteiger charge is -2.23. The average molecular weight is 387 g/mol. The fourth-order valence-electron chi connectivity index (χ4n) is 3.13. The van der Waals surface area contributed by atoms with E-state index in [9.17, 15) is 13.2 Å². The summed E-state index contributed by atoms with van der Waals surface area (Å²) >= 11 is 0. The van der Waals surface area contributed by atoms with Crippen LogP contribution in [0.25, 0.3) is 0 Å². The third-order valence-electron chi connectivity index (χ3n) is 4.41. The quantitative estimate of drug-likeness (QED) is 0.553. The van der Waals surface area contributed by atoms with Crippen LogP contribution in [0.5, 0.6) is 5.75 Å². The summed E-state index contributed by atoms with van der Waals surface area (Å²) in [5, 5.41) is 6.42. The number of ether oxygens (including phenoxy) is 1. The molecule has 1 aromatic carbocycles. The molecule has 0 aromatic heterocycles. The highest BCUT2D eigenvalue weighted by Crippen LogP contribution is 2.30. The second-order valence-electron chi connectivity index (χ2n) is 6.60. The SMILES string of the molecule is CN=C(NCCN(C)CC(F)(F)F)NC1CCN(c2ccccc2OC)C1. The Morgan fingerprint density at radius 3 is 2.78 bits per heavy atom. The number of rotatable bonds is 7. The Labute approximate surface area is 158 Å². The van der Waals surface area contributed by atoms with Gasteiger partial charge in [-0.05, 0) is 25.6 Å². The van der Waals surface area contributed by atoms with Crippen LogP contribution in [-0.4, -0.2) is 77.0 Å². The Balaban J connectivity index is 1.79. The lowest BCUT2D eigenvalue weighted by molar-refractivity contribution is -0.142. The van der Waals surface area contributed by atoms with E-state index in [1.807, 2.05) is 24.3 Å². The van der Waals surface area contributed by atoms with Gasteiger partial charge in [0.1, 0.15) is 5.75 Å². The zero-order valence-electron chi connectivity index (χ0n) is 16.0. The van der Waals surface area contributed by atoms with Gasteiger partial charge in [0.15, 0.2) is 5.96 Å². The molecule has 2 rings (SSSR count). The van der Waals surface area contributed by atoms with Gasteiger partial charge in [-0.25, -0.2) is 0 Å². The summed E-state index contributed by atoms with van der Waals surface area (Å²) < 4.78 is 42.5. The van der Waals surface area contributed by atoms with Crippen molar-refractivity contribution < 1.29 is 17.9 Å². The fourth-order valence-corrected chi connectivity index (χ4v) is 3.13. The van der Waals surface area contributed by atoms with Crippen molar-refractivity contribution in [2.45, 2.75) is 18.6 Å². The van der Waals surface area contributed by atoms with Gasteiger partial charge in [-0.15, -0.1) is 0 Å². The van der Waals surface area contributed by atoms with Gasteiger partial charge in [0.05, 0.1) is 19.3 Å². The van der Waals surface area contributed by atoms with Crippen LogP contribution in [0.3, 0.4) is 0 Å². The van der Waals surface area contributed by atoms with E-state index >= 15 is 0 Å². The minimum Gasteiger partial charge on any atom is -0.495 e. The first kappa shape index (κ1) is 21.1. The lowest BCUT2D eigenvalue weighted by Crippen LogP contribution is -2.46. The molecular weight excluding hydrogens is 359 g/mol. The molecule has 1 unspecified atom stereocenters. The van der Waals surface area contributed by atoms with Crippen molar-refractivity contribution >= 4 is 11.6 Å². The molecule has 0 bridgehead atoms. The van der Waals surface area contributed by atoms with Crippen LogP contribution in [0, 0.1) is 0 Å². The van der Waals surface area contributed by atoms with Crippen molar-refractivity contribution in [2.24, 2.45) is 4.99 Å². The highest BCUT2D eigenvalue weighted by Gasteiger charge is 2.29. The third kappa shape index (κ3) is 6.82. The molecule has 6 nitrogen and oxygen atoms in total. The van der Waals surface area contributed by atoms with Gasteiger partial charge in [0.2, 0.25) is 0 Å². The zero-order chi connectivity index (χ0) is 19.9. The Kier molecular flexibility index (Phi) is 7.58. The number of alkyl halides is 3. The second-order valence-corrected chi connectivity index (χ2v) is 6.60. The van der Waals surface area contributed by atoms with Crippen molar-refractivity contribution in [3.63, 3.8) is 0 Å². The maximum Gasteiger partial charge on any atom is 0.401 e. The number of aliphatic imine (C=N–C) groups is 1. The van der Waals surface area contributed by atoms with Gasteiger partial charge in [-0.2, -0.15) is 13.2 Å². The number of hydrogen-bond acceptors (Lipinski definition) is 4. The highest BCUT2D eigenvalue weighted by molar-refractivity contribution is 5.80. The van der Waals surface area contributed by atoms with E-state index in [1.54, 1.807) is 14.2 Å². The summed E-state index contributed by atoms with van der Waals surface area (Å²) in [4.78, 5) is 7.65. The van der Waals surface area contributed by atoms with E-state index in [2.05, 4.69) is 20.5 Å². The molecule has 0 spiro atoms. The number of halogens is 3. The average Bonchev–Trinajstić information content (AvgIpc) is 3.07. The monoisotopic (exact) mass is 387 g/mol. The first-order valence-corrected chi connectivity index (χ1v) is 8.93. The maximum atomic E-state index is 12.3. The van der Waals surface area contributed by atoms with Crippen LogP contribution in [-0.2, 0) is 0 Å². The predicted molar refractivity (Wildman–Crippen MR) is 102 cm³/mol. The standard InChI is InChI=1S/C18H28F3N5O/c1-22-17(23-9-11-25(2)13-18(19,20)21)24-14-8-10-26(12-14)15-6-4-5-7-16(15)27-3/h4-7,14H,8-13H2,1-3H3,(H2,22,23,24). The molecule has 152 valence electrons. The molecule has 2 N–H and O–H groups in total. The molecule has 0 radical (unpaired) electrons. The normalized spacial score (nSPS) is 18.1. The second kappa shape index (κ2) is 9.68. The molecule has 9 heteroatoms. The minimum absolute atomic E-state index is 0.203. The van der Waals surface area contributed by atoms with E-state index in [0.29, 0.717) is 12.5 Å². The zero-order valence-corrected chi connectivity index (χ0v) is 16.0. The van der Waals surface area contributed by atoms with E-state index < -0.39 is 12.7 Å². The third-order valence-corrected chi connectivity index (χ3v) is 4.41. The summed E-state index contributed by atoms with van der Waals surface area (Å²) in [6, 6.07) is 8.10. The maximum absolute atomic E-state index is 12.3. The molecule has 0 saturated carbocycles. The number of hydrogen-bond donors (Lipinski definition) is 2. The number of anilines is 1. The molecule has 1 aliphatic rings. The van der Waals surface area contributed by atoms with Gasteiger partial charge in [0, 0.05) is 39.3 Å². The smallest absolute Gasteiger partial charge is 0.401 e. The number of para-hydroxylation sites is 2. The Hall–Kier alpha value is -2.16. The molecule has 0 aliphatic carbocycles. The topological polar surface area (TPSA) is 52.1 Å². The van der Waals surface area contributed by atoms with Crippen molar-refractivity contribution in [3.8, 4) is 5.75 Å². The van der Waals surface area contributed by atoms with E-state index in [4.69, 9.17) is 4.74 Å². The number of likely N-dealkylation sites (N-methyl/N-ethyl adjacent to an activating group) is 1. The molecule has 1 heterocycles. The van der Waals surface area contributed by atoms with Gasteiger partial charge in [-0.3, -0.25) is 9.89 Å². The molecule has 27 heavy (non-hydrogen) atoms. The van der Waals surface area contributed by atoms with Gasteiger partial charge >= 0.3 is 6.18 Å². The van der Waals surface area contributed by atoms with E-state index in [0.717, 1.165) is 30.9 Å². The summed E-state index contributed by atoms with van der Waals surface area (Å²) in [5.41, 5.74) is 1.06. The number of nitrogens with zero attached hydrogens (tertiary/aromatic N) is 3. The summed E-state index contributed by atoms with van der Waals surface area (Å²) in [6.45, 7) is 1.43. The first-order chi connectivity index (χ1) is 12.8. The number of nitrogens with one attached hydrogen (secondary N) is 2. The van der Waals surface area contributed by atoms with Crippen LogP contribution in [0.4, 0.5) is 18.9 Å². The van der Waals surface area contributed by atoms with Crippen LogP contribution in [0.2, 0.25) is 0 Å². The van der Waals surface area contributed by atoms with Gasteiger partial charge in [-0.1, -0.05) is 12.1 Å². The van der Waals surface area contributed by atoms with E-state index in [1.165, 1.54) is 11.9 Å². The number of guanidine groups is 1. The molecule has 1 saturated heterocycles. The summed E-state index contributed by atoms with van der Waals surface area (Å²) in [5.74, 6) is 1.44. The van der Waals surface area contributed by atoms with Gasteiger partial charge in [0.25, 0.3) is 0 Å².